The average Bonchev–Trinajstić information content (AvgIpc) is 3.84. The van der Waals surface area contributed by atoms with Crippen LogP contribution in [0.5, 0.6) is 6.01 Å². The smallest absolute Gasteiger partial charge is 0.318 e. The molecule has 1 atom stereocenters. The maximum atomic E-state index is 15.0. The molecule has 3 saturated heterocycles. The summed E-state index contributed by atoms with van der Waals surface area (Å²) in [5.41, 5.74) is 9.50. The predicted octanol–water partition coefficient (Wildman–Crippen LogP) is 6.84. The zero-order valence-electron chi connectivity index (χ0n) is 28.1. The van der Waals surface area contributed by atoms with E-state index >= 15 is 0 Å². The molecule has 0 spiro atoms. The first-order valence-electron chi connectivity index (χ1n) is 16.7. The highest BCUT2D eigenvalue weighted by Crippen LogP contribution is 2.48. The molecule has 0 amide bonds. The number of hydrogen-bond donors (Lipinski definition) is 2. The molecule has 6 rings (SSSR count). The van der Waals surface area contributed by atoms with Crippen molar-refractivity contribution in [2.75, 3.05) is 63.7 Å². The van der Waals surface area contributed by atoms with Crippen LogP contribution in [0.1, 0.15) is 86.2 Å². The molecule has 13 heteroatoms. The largest absolute Gasteiger partial charge is 0.480 e. The van der Waals surface area contributed by atoms with E-state index in [2.05, 4.69) is 16.5 Å². The average molecular weight is 686 g/mol. The Balaban J connectivity index is 0.00000221. The van der Waals surface area contributed by atoms with Gasteiger partial charge in [-0.05, 0) is 68.2 Å². The zero-order chi connectivity index (χ0) is 34.4. The van der Waals surface area contributed by atoms with Crippen molar-refractivity contribution < 1.29 is 23.0 Å². The van der Waals surface area contributed by atoms with Gasteiger partial charge in [-0.15, -0.1) is 0 Å². The molecule has 260 valence electrons. The Kier molecular flexibility index (Phi) is 11.7. The molecule has 1 aliphatic carbocycles. The van der Waals surface area contributed by atoms with Gasteiger partial charge in [-0.1, -0.05) is 32.0 Å². The fraction of sp³-hybridized carbons (Fsp3) is 0.543. The second-order valence-corrected chi connectivity index (χ2v) is 12.8. The van der Waals surface area contributed by atoms with Gasteiger partial charge in [-0.25, -0.2) is 13.8 Å². The van der Waals surface area contributed by atoms with Gasteiger partial charge in [-0.3, -0.25) is 4.90 Å². The number of hydrogen-bond acceptors (Lipinski definition) is 10. The summed E-state index contributed by atoms with van der Waals surface area (Å²) in [5, 5.41) is 8.58. The molecule has 10 nitrogen and oxygen atoms in total. The van der Waals surface area contributed by atoms with Gasteiger partial charge in [0.1, 0.15) is 24.7 Å². The molecular weight excluding hydrogens is 640 g/mol. The summed E-state index contributed by atoms with van der Waals surface area (Å²) in [6.45, 7) is 11.2. The number of anilines is 2. The highest BCUT2D eigenvalue weighted by molar-refractivity contribution is 6.32. The van der Waals surface area contributed by atoms with Crippen LogP contribution in [0.15, 0.2) is 29.5 Å². The molecular formula is C35H46ClF2N7O3. The summed E-state index contributed by atoms with van der Waals surface area (Å²) in [4.78, 5) is 18.3. The van der Waals surface area contributed by atoms with Gasteiger partial charge in [-0.2, -0.15) is 9.97 Å². The minimum Gasteiger partial charge on any atom is -0.480 e. The van der Waals surface area contributed by atoms with E-state index in [0.717, 1.165) is 49.8 Å². The topological polar surface area (TPSA) is 122 Å². The second-order valence-electron chi connectivity index (χ2n) is 12.4. The van der Waals surface area contributed by atoms with E-state index in [1.165, 1.54) is 13.3 Å². The predicted molar refractivity (Wildman–Crippen MR) is 187 cm³/mol. The Morgan fingerprint density at radius 3 is 2.71 bits per heavy atom. The molecule has 1 aromatic heterocycles. The number of nitrogen functional groups attached to an aromatic ring is 1. The lowest BCUT2D eigenvalue weighted by atomic mass is 9.94. The highest BCUT2D eigenvalue weighted by atomic mass is 35.5. The number of ether oxygens (including phenoxy) is 3. The third kappa shape index (κ3) is 7.21. The number of halogens is 3. The van der Waals surface area contributed by atoms with Crippen LogP contribution >= 0.6 is 11.6 Å². The van der Waals surface area contributed by atoms with Crippen molar-refractivity contribution in [2.24, 2.45) is 4.99 Å². The number of methoxy groups -OCH3 is 1. The first-order chi connectivity index (χ1) is 23.3. The Labute approximate surface area is 286 Å². The number of rotatable bonds is 10. The molecule has 4 aliphatic rings. The van der Waals surface area contributed by atoms with Crippen LogP contribution in [0.25, 0.3) is 5.70 Å². The van der Waals surface area contributed by atoms with Crippen molar-refractivity contribution in [3.63, 3.8) is 0 Å². The van der Waals surface area contributed by atoms with E-state index in [9.17, 15) is 8.78 Å². The maximum absolute atomic E-state index is 15.0. The molecule has 3 N–H and O–H groups in total. The Bertz CT molecular complexity index is 1570. The lowest BCUT2D eigenvalue weighted by Gasteiger charge is -2.31. The van der Waals surface area contributed by atoms with E-state index in [0.29, 0.717) is 73.3 Å². The van der Waals surface area contributed by atoms with Crippen molar-refractivity contribution in [1.29, 1.82) is 5.41 Å². The number of benzene rings is 1. The van der Waals surface area contributed by atoms with Gasteiger partial charge in [0.25, 0.3) is 0 Å². The molecule has 1 aromatic carbocycles. The quantitative estimate of drug-likeness (QED) is 0.158. The van der Waals surface area contributed by atoms with E-state index in [1.54, 1.807) is 6.07 Å². The minimum absolute atomic E-state index is 0.0366. The summed E-state index contributed by atoms with van der Waals surface area (Å²) in [5.74, 6) is 0.684. The summed E-state index contributed by atoms with van der Waals surface area (Å²) in [6.07, 6.45) is 6.95. The highest BCUT2D eigenvalue weighted by Gasteiger charge is 2.47. The molecule has 48 heavy (non-hydrogen) atoms. The number of fused-ring (bicyclic) bond motifs is 1. The third-order valence-electron chi connectivity index (χ3n) is 9.36. The molecule has 4 fully saturated rings. The van der Waals surface area contributed by atoms with Gasteiger partial charge in [0, 0.05) is 54.3 Å². The Morgan fingerprint density at radius 2 is 2.02 bits per heavy atom. The molecule has 0 bridgehead atoms. The first-order valence-corrected chi connectivity index (χ1v) is 17.1. The van der Waals surface area contributed by atoms with Crippen molar-refractivity contribution in [3.05, 3.63) is 57.5 Å². The van der Waals surface area contributed by atoms with E-state index in [-0.39, 0.29) is 46.9 Å². The number of nitrogens with zero attached hydrogens (tertiary/aromatic N) is 5. The molecule has 4 heterocycles. The van der Waals surface area contributed by atoms with Gasteiger partial charge in [0.05, 0.1) is 37.0 Å². The van der Waals surface area contributed by atoms with Crippen molar-refractivity contribution >= 4 is 40.9 Å². The monoisotopic (exact) mass is 685 g/mol. The van der Waals surface area contributed by atoms with E-state index in [1.807, 2.05) is 18.7 Å². The van der Waals surface area contributed by atoms with Crippen LogP contribution in [-0.2, 0) is 16.1 Å². The van der Waals surface area contributed by atoms with E-state index in [4.69, 9.17) is 46.9 Å². The van der Waals surface area contributed by atoms with Gasteiger partial charge < -0.3 is 30.3 Å². The van der Waals surface area contributed by atoms with Crippen LogP contribution in [0.4, 0.5) is 20.3 Å². The summed E-state index contributed by atoms with van der Waals surface area (Å²) in [6, 6.07) is 1.69. The Morgan fingerprint density at radius 1 is 1.23 bits per heavy atom. The number of nitrogens with one attached hydrogen (secondary N) is 1. The fourth-order valence-electron chi connectivity index (χ4n) is 7.01. The van der Waals surface area contributed by atoms with E-state index < -0.39 is 6.67 Å². The van der Waals surface area contributed by atoms with Crippen LogP contribution in [-0.4, -0.2) is 85.6 Å². The van der Waals surface area contributed by atoms with Crippen molar-refractivity contribution in [1.82, 2.24) is 14.9 Å². The number of aliphatic imine (C=N–C) groups is 1. The fourth-order valence-corrected chi connectivity index (χ4v) is 7.38. The molecule has 0 radical (unpaired) electrons. The number of aromatic nitrogens is 2. The third-order valence-corrected chi connectivity index (χ3v) is 9.67. The first kappa shape index (κ1) is 35.7. The number of alkyl halides is 1. The summed E-state index contributed by atoms with van der Waals surface area (Å²) in [7, 11) is 1.45. The summed E-state index contributed by atoms with van der Waals surface area (Å²) < 4.78 is 46.2. The lowest BCUT2D eigenvalue weighted by Crippen LogP contribution is -2.43. The van der Waals surface area contributed by atoms with Crippen LogP contribution in [0, 0.1) is 5.41 Å². The van der Waals surface area contributed by atoms with Gasteiger partial charge >= 0.3 is 6.01 Å². The number of nitrogens with two attached hydrogens (primary N) is 1. The standard InChI is InChI=1S/C33H40ClF2N7O3.C2H6/c1-20(27-23(17-37)25(38)13-24(34)28(27)22-5-6-22)39-31(44-2)29-26(16-36)40-32(41-30(29)42-8-4-11-45-12-10-42)46-19-33-7-3-9-43(33)18-21(14-33)15-35;1-2/h13,15,17,22,37H,1,3-12,14,16,18-19,38H2,2H3;1-2H3/b21-15-,37-17?,39-31?;. The van der Waals surface area contributed by atoms with Crippen LogP contribution in [0.3, 0.4) is 0 Å². The molecule has 1 unspecified atom stereocenters. The second kappa shape index (κ2) is 15.7. The minimum atomic E-state index is -0.935. The molecule has 3 aliphatic heterocycles. The van der Waals surface area contributed by atoms with Gasteiger partial charge in [0.2, 0.25) is 5.90 Å². The summed E-state index contributed by atoms with van der Waals surface area (Å²) >= 11 is 6.66. The van der Waals surface area contributed by atoms with Crippen LogP contribution < -0.4 is 15.4 Å². The Hall–Kier alpha value is -3.61. The zero-order valence-corrected chi connectivity index (χ0v) is 28.8. The molecule has 2 aromatic rings. The maximum Gasteiger partial charge on any atom is 0.318 e. The van der Waals surface area contributed by atoms with Crippen molar-refractivity contribution in [2.45, 2.75) is 70.5 Å². The molecule has 1 saturated carbocycles. The lowest BCUT2D eigenvalue weighted by molar-refractivity contribution is 0.107. The van der Waals surface area contributed by atoms with Gasteiger partial charge in [0.15, 0.2) is 0 Å². The normalized spacial score (nSPS) is 22.2. The SMILES string of the molecule is C=C(N=C(OC)c1c(CF)nc(OCC23CCCN2C/C(=C\F)C3)nc1N1CCCOCC1)c1c(C=N)c(N)cc(Cl)c1C1CC1.CC. The van der Waals surface area contributed by atoms with Crippen molar-refractivity contribution in [3.8, 4) is 6.01 Å². The van der Waals surface area contributed by atoms with Crippen LogP contribution in [0.2, 0.25) is 5.02 Å².